The van der Waals surface area contributed by atoms with Gasteiger partial charge < -0.3 is 10.2 Å². The van der Waals surface area contributed by atoms with Gasteiger partial charge in [-0.05, 0) is 32.3 Å². The van der Waals surface area contributed by atoms with E-state index in [4.69, 9.17) is 0 Å². The number of likely N-dealkylation sites (tertiary alicyclic amines) is 1. The second-order valence-corrected chi connectivity index (χ2v) is 6.92. The standard InChI is InChI=1S/C18H23N3O3/c1-18(2)16(23)21(17(24)19-18)11-6-9-15(22)20-12-10-14(20)13-7-4-3-5-8-13/h3-5,7-8,14H,6,9-12H2,1-2H3,(H,19,24)/t14-/m1/s1. The van der Waals surface area contributed by atoms with Crippen LogP contribution in [-0.2, 0) is 9.59 Å². The zero-order valence-electron chi connectivity index (χ0n) is 14.1. The summed E-state index contributed by atoms with van der Waals surface area (Å²) < 4.78 is 0. The summed E-state index contributed by atoms with van der Waals surface area (Å²) in [5.74, 6) is -0.146. The lowest BCUT2D eigenvalue weighted by Gasteiger charge is -2.41. The molecule has 3 rings (SSSR count). The number of hydrogen-bond acceptors (Lipinski definition) is 3. The Hall–Kier alpha value is -2.37. The van der Waals surface area contributed by atoms with Crippen LogP contribution in [0.3, 0.4) is 0 Å². The van der Waals surface area contributed by atoms with Gasteiger partial charge in [-0.25, -0.2) is 4.79 Å². The lowest BCUT2D eigenvalue weighted by atomic mass is 9.94. The van der Waals surface area contributed by atoms with Crippen LogP contribution in [0, 0.1) is 0 Å². The summed E-state index contributed by atoms with van der Waals surface area (Å²) >= 11 is 0. The first kappa shape index (κ1) is 16.5. The van der Waals surface area contributed by atoms with Crippen molar-refractivity contribution in [2.24, 2.45) is 0 Å². The van der Waals surface area contributed by atoms with E-state index in [2.05, 4.69) is 5.32 Å². The summed E-state index contributed by atoms with van der Waals surface area (Å²) in [5.41, 5.74) is 0.310. The molecule has 1 N–H and O–H groups in total. The zero-order valence-corrected chi connectivity index (χ0v) is 14.1. The third-order valence-corrected chi connectivity index (χ3v) is 4.74. The Morgan fingerprint density at radius 3 is 2.50 bits per heavy atom. The third-order valence-electron chi connectivity index (χ3n) is 4.74. The van der Waals surface area contributed by atoms with Crippen molar-refractivity contribution in [3.63, 3.8) is 0 Å². The van der Waals surface area contributed by atoms with E-state index in [-0.39, 0.29) is 30.4 Å². The summed E-state index contributed by atoms with van der Waals surface area (Å²) in [6.45, 7) is 4.42. The van der Waals surface area contributed by atoms with Gasteiger partial charge in [0.15, 0.2) is 0 Å². The lowest BCUT2D eigenvalue weighted by molar-refractivity contribution is -0.139. The number of urea groups is 1. The fourth-order valence-electron chi connectivity index (χ4n) is 3.26. The van der Waals surface area contributed by atoms with Gasteiger partial charge in [0, 0.05) is 19.5 Å². The molecule has 24 heavy (non-hydrogen) atoms. The highest BCUT2D eigenvalue weighted by Gasteiger charge is 2.43. The van der Waals surface area contributed by atoms with E-state index in [0.29, 0.717) is 12.8 Å². The van der Waals surface area contributed by atoms with Crippen molar-refractivity contribution in [2.75, 3.05) is 13.1 Å². The Morgan fingerprint density at radius 1 is 1.25 bits per heavy atom. The summed E-state index contributed by atoms with van der Waals surface area (Å²) in [4.78, 5) is 39.4. The summed E-state index contributed by atoms with van der Waals surface area (Å²) in [6, 6.07) is 9.80. The Labute approximate surface area is 141 Å². The highest BCUT2D eigenvalue weighted by atomic mass is 16.2. The van der Waals surface area contributed by atoms with Gasteiger partial charge in [0.25, 0.3) is 5.91 Å². The van der Waals surface area contributed by atoms with Crippen LogP contribution in [0.25, 0.3) is 0 Å². The molecule has 2 heterocycles. The molecular formula is C18H23N3O3. The Balaban J connectivity index is 1.50. The molecule has 1 aromatic carbocycles. The molecule has 4 amide bonds. The molecule has 1 atom stereocenters. The molecule has 0 spiro atoms. The minimum Gasteiger partial charge on any atom is -0.336 e. The van der Waals surface area contributed by atoms with Gasteiger partial charge in [-0.1, -0.05) is 30.3 Å². The maximum absolute atomic E-state index is 12.4. The van der Waals surface area contributed by atoms with Gasteiger partial charge in [0.1, 0.15) is 5.54 Å². The van der Waals surface area contributed by atoms with Crippen LogP contribution in [-0.4, -0.2) is 46.3 Å². The average molecular weight is 329 g/mol. The number of hydrogen-bond donors (Lipinski definition) is 1. The molecule has 0 saturated carbocycles. The molecule has 1 aromatic rings. The van der Waals surface area contributed by atoms with E-state index in [1.165, 1.54) is 4.90 Å². The summed E-state index contributed by atoms with van der Waals surface area (Å²) in [5, 5.41) is 2.65. The van der Waals surface area contributed by atoms with E-state index in [0.717, 1.165) is 18.5 Å². The van der Waals surface area contributed by atoms with Gasteiger partial charge in [0.05, 0.1) is 6.04 Å². The highest BCUT2D eigenvalue weighted by molar-refractivity contribution is 6.06. The van der Waals surface area contributed by atoms with Gasteiger partial charge in [-0.15, -0.1) is 0 Å². The molecule has 6 heteroatoms. The zero-order chi connectivity index (χ0) is 17.3. The fraction of sp³-hybridized carbons (Fsp3) is 0.500. The quantitative estimate of drug-likeness (QED) is 0.841. The first-order chi connectivity index (χ1) is 11.4. The molecule has 0 aliphatic carbocycles. The SMILES string of the molecule is CC1(C)NC(=O)N(CCCC(=O)N2CC[C@@H]2c2ccccc2)C1=O. The molecule has 2 saturated heterocycles. The number of benzene rings is 1. The maximum Gasteiger partial charge on any atom is 0.325 e. The third kappa shape index (κ3) is 3.00. The van der Waals surface area contributed by atoms with E-state index >= 15 is 0 Å². The van der Waals surface area contributed by atoms with Crippen LogP contribution in [0.4, 0.5) is 4.79 Å². The Bertz CT molecular complexity index is 657. The molecule has 2 fully saturated rings. The van der Waals surface area contributed by atoms with Crippen LogP contribution in [0.5, 0.6) is 0 Å². The number of carbonyl (C=O) groups excluding carboxylic acids is 3. The van der Waals surface area contributed by atoms with Crippen molar-refractivity contribution in [3.05, 3.63) is 35.9 Å². The van der Waals surface area contributed by atoms with E-state index < -0.39 is 5.54 Å². The fourth-order valence-corrected chi connectivity index (χ4v) is 3.26. The Morgan fingerprint density at radius 2 is 1.96 bits per heavy atom. The Kier molecular flexibility index (Phi) is 4.30. The molecule has 6 nitrogen and oxygen atoms in total. The first-order valence-corrected chi connectivity index (χ1v) is 8.39. The van der Waals surface area contributed by atoms with Crippen LogP contribution < -0.4 is 5.32 Å². The van der Waals surface area contributed by atoms with Gasteiger partial charge in [0.2, 0.25) is 5.91 Å². The maximum atomic E-state index is 12.4. The lowest BCUT2D eigenvalue weighted by Crippen LogP contribution is -2.45. The smallest absolute Gasteiger partial charge is 0.325 e. The van der Waals surface area contributed by atoms with Crippen molar-refractivity contribution < 1.29 is 14.4 Å². The van der Waals surface area contributed by atoms with E-state index in [1.807, 2.05) is 35.2 Å². The predicted molar refractivity (Wildman–Crippen MR) is 89.1 cm³/mol. The minimum absolute atomic E-state index is 0.0846. The molecule has 0 bridgehead atoms. The van der Waals surface area contributed by atoms with Gasteiger partial charge >= 0.3 is 6.03 Å². The normalized spacial score (nSPS) is 22.3. The first-order valence-electron chi connectivity index (χ1n) is 8.39. The largest absolute Gasteiger partial charge is 0.336 e. The topological polar surface area (TPSA) is 69.7 Å². The monoisotopic (exact) mass is 329 g/mol. The van der Waals surface area contributed by atoms with Crippen molar-refractivity contribution in [1.82, 2.24) is 15.1 Å². The number of rotatable bonds is 5. The average Bonchev–Trinajstić information content (AvgIpc) is 2.69. The van der Waals surface area contributed by atoms with Crippen LogP contribution in [0.2, 0.25) is 0 Å². The van der Waals surface area contributed by atoms with E-state index in [9.17, 15) is 14.4 Å². The molecule has 0 aromatic heterocycles. The number of amides is 4. The van der Waals surface area contributed by atoms with Crippen LogP contribution >= 0.6 is 0 Å². The number of imide groups is 1. The van der Waals surface area contributed by atoms with Crippen LogP contribution in [0.1, 0.15) is 44.7 Å². The second-order valence-electron chi connectivity index (χ2n) is 6.92. The predicted octanol–water partition coefficient (Wildman–Crippen LogP) is 2.07. The molecule has 2 aliphatic rings. The molecular weight excluding hydrogens is 306 g/mol. The van der Waals surface area contributed by atoms with Gasteiger partial charge in [-0.3, -0.25) is 14.5 Å². The van der Waals surface area contributed by atoms with Gasteiger partial charge in [-0.2, -0.15) is 0 Å². The summed E-state index contributed by atoms with van der Waals surface area (Å²) in [7, 11) is 0. The second kappa shape index (κ2) is 6.26. The molecule has 128 valence electrons. The number of nitrogens with one attached hydrogen (secondary N) is 1. The highest BCUT2D eigenvalue weighted by Crippen LogP contribution is 2.33. The molecule has 2 aliphatic heterocycles. The summed E-state index contributed by atoms with van der Waals surface area (Å²) in [6.07, 6.45) is 1.82. The van der Waals surface area contributed by atoms with Crippen molar-refractivity contribution in [3.8, 4) is 0 Å². The van der Waals surface area contributed by atoms with Crippen LogP contribution in [0.15, 0.2) is 30.3 Å². The minimum atomic E-state index is -0.850. The molecule has 0 unspecified atom stereocenters. The van der Waals surface area contributed by atoms with E-state index in [1.54, 1.807) is 13.8 Å². The number of nitrogens with zero attached hydrogens (tertiary/aromatic N) is 2. The number of carbonyl (C=O) groups is 3. The van der Waals surface area contributed by atoms with Crippen molar-refractivity contribution >= 4 is 17.8 Å². The van der Waals surface area contributed by atoms with Crippen molar-refractivity contribution in [2.45, 2.75) is 44.7 Å². The molecule has 0 radical (unpaired) electrons. The van der Waals surface area contributed by atoms with Crippen molar-refractivity contribution in [1.29, 1.82) is 0 Å².